The molecule has 0 saturated heterocycles. The number of benzene rings is 2. The van der Waals surface area contributed by atoms with Crippen molar-refractivity contribution in [2.45, 2.75) is 38.9 Å². The summed E-state index contributed by atoms with van der Waals surface area (Å²) in [5.74, 6) is 0.538. The summed E-state index contributed by atoms with van der Waals surface area (Å²) < 4.78 is 5.31. The lowest BCUT2D eigenvalue weighted by atomic mass is 9.94. The summed E-state index contributed by atoms with van der Waals surface area (Å²) in [6.07, 6.45) is 0.621. The first kappa shape index (κ1) is 25.3. The molecule has 0 fully saturated rings. The van der Waals surface area contributed by atoms with E-state index >= 15 is 0 Å². The van der Waals surface area contributed by atoms with E-state index in [1.54, 1.807) is 30.3 Å². The molecular weight excluding hydrogens is 439 g/mol. The lowest BCUT2D eigenvalue weighted by Crippen LogP contribution is -2.04. The van der Waals surface area contributed by atoms with Crippen LogP contribution in [0.1, 0.15) is 50.0 Å². The van der Waals surface area contributed by atoms with Gasteiger partial charge in [-0.1, -0.05) is 49.2 Å². The molecule has 0 saturated carbocycles. The van der Waals surface area contributed by atoms with Crippen molar-refractivity contribution in [3.05, 3.63) is 75.0 Å². The minimum absolute atomic E-state index is 0.0572. The van der Waals surface area contributed by atoms with Crippen LogP contribution in [-0.4, -0.2) is 33.6 Å². The van der Waals surface area contributed by atoms with Crippen molar-refractivity contribution in [3.63, 3.8) is 0 Å². The minimum Gasteiger partial charge on any atom is -0.506 e. The standard InChI is InChI=1S/C24H28Cl2O5/c1-15(2)17(12-23(29)20-13-18(25)14-21(26)24(20)30)4-3-5-22(28)16-6-8-19(9-7-16)31-11-10-27/h3,6-9,13-15,22-23,27-30H,5,10-12H2,1-2H3/t4?,22-,23-/m1/s1. The third-order valence-corrected chi connectivity index (χ3v) is 5.29. The number of ether oxygens (including phenoxy) is 1. The SMILES string of the molecule is CC(C)C(=C=CC[C@@H](O)c1ccc(OCCO)cc1)C[C@@H](O)c1cc(Cl)cc(Cl)c1O. The second-order valence-electron chi connectivity index (χ2n) is 7.47. The van der Waals surface area contributed by atoms with Crippen LogP contribution in [0.25, 0.3) is 0 Å². The van der Waals surface area contributed by atoms with Gasteiger partial charge in [0.1, 0.15) is 18.1 Å². The molecule has 2 rings (SSSR count). The average Bonchev–Trinajstić information content (AvgIpc) is 2.74. The van der Waals surface area contributed by atoms with Crippen LogP contribution in [-0.2, 0) is 0 Å². The number of phenolic OH excluding ortho intramolecular Hbond substituents is 1. The van der Waals surface area contributed by atoms with Gasteiger partial charge in [0.2, 0.25) is 0 Å². The van der Waals surface area contributed by atoms with Gasteiger partial charge in [0.25, 0.3) is 0 Å². The third kappa shape index (κ3) is 7.58. The first-order chi connectivity index (χ1) is 14.7. The zero-order valence-corrected chi connectivity index (χ0v) is 19.1. The molecule has 0 amide bonds. The largest absolute Gasteiger partial charge is 0.506 e. The Morgan fingerprint density at radius 1 is 1.10 bits per heavy atom. The highest BCUT2D eigenvalue weighted by molar-refractivity contribution is 6.35. The van der Waals surface area contributed by atoms with E-state index in [1.165, 1.54) is 12.1 Å². The molecule has 4 N–H and O–H groups in total. The Balaban J connectivity index is 2.09. The Bertz CT molecular complexity index is 918. The lowest BCUT2D eigenvalue weighted by molar-refractivity contribution is 0.171. The summed E-state index contributed by atoms with van der Waals surface area (Å²) in [4.78, 5) is 0. The van der Waals surface area contributed by atoms with Crippen molar-refractivity contribution in [2.75, 3.05) is 13.2 Å². The van der Waals surface area contributed by atoms with Gasteiger partial charge >= 0.3 is 0 Å². The quantitative estimate of drug-likeness (QED) is 0.354. The van der Waals surface area contributed by atoms with Crippen molar-refractivity contribution in [1.82, 2.24) is 0 Å². The number of halogens is 2. The molecule has 0 spiro atoms. The van der Waals surface area contributed by atoms with Gasteiger partial charge in [-0.25, -0.2) is 0 Å². The number of aromatic hydroxyl groups is 1. The minimum atomic E-state index is -0.995. The van der Waals surface area contributed by atoms with Crippen LogP contribution in [0.4, 0.5) is 0 Å². The van der Waals surface area contributed by atoms with Gasteiger partial charge in [-0.2, -0.15) is 0 Å². The van der Waals surface area contributed by atoms with Crippen molar-refractivity contribution in [1.29, 1.82) is 0 Å². The Labute approximate surface area is 192 Å². The Morgan fingerprint density at radius 3 is 2.39 bits per heavy atom. The fourth-order valence-electron chi connectivity index (χ4n) is 3.01. The van der Waals surface area contributed by atoms with E-state index in [-0.39, 0.29) is 41.9 Å². The first-order valence-corrected chi connectivity index (χ1v) is 10.8. The number of aliphatic hydroxyl groups is 3. The normalized spacial score (nSPS) is 12.9. The Hall–Kier alpha value is -1.98. The summed E-state index contributed by atoms with van der Waals surface area (Å²) >= 11 is 11.9. The smallest absolute Gasteiger partial charge is 0.140 e. The molecule has 0 radical (unpaired) electrons. The molecule has 2 atom stereocenters. The predicted octanol–water partition coefficient (Wildman–Crippen LogP) is 5.35. The number of rotatable bonds is 10. The number of hydrogen-bond donors (Lipinski definition) is 4. The average molecular weight is 467 g/mol. The van der Waals surface area contributed by atoms with Gasteiger partial charge in [0, 0.05) is 23.4 Å². The number of aliphatic hydroxyl groups excluding tert-OH is 3. The molecule has 0 heterocycles. The Morgan fingerprint density at radius 2 is 1.77 bits per heavy atom. The zero-order valence-electron chi connectivity index (χ0n) is 17.6. The molecule has 7 heteroatoms. The number of hydrogen-bond acceptors (Lipinski definition) is 5. The maximum Gasteiger partial charge on any atom is 0.140 e. The van der Waals surface area contributed by atoms with Crippen molar-refractivity contribution in [3.8, 4) is 11.5 Å². The van der Waals surface area contributed by atoms with Crippen molar-refractivity contribution >= 4 is 23.2 Å². The monoisotopic (exact) mass is 466 g/mol. The topological polar surface area (TPSA) is 90.2 Å². The third-order valence-electron chi connectivity index (χ3n) is 4.78. The van der Waals surface area contributed by atoms with Gasteiger partial charge in [-0.15, -0.1) is 5.73 Å². The van der Waals surface area contributed by atoms with Crippen LogP contribution < -0.4 is 4.74 Å². The highest BCUT2D eigenvalue weighted by atomic mass is 35.5. The maximum absolute atomic E-state index is 10.6. The molecule has 31 heavy (non-hydrogen) atoms. The molecule has 0 aromatic heterocycles. The van der Waals surface area contributed by atoms with Crippen molar-refractivity contribution in [2.24, 2.45) is 5.92 Å². The highest BCUT2D eigenvalue weighted by Crippen LogP contribution is 2.37. The summed E-state index contributed by atoms with van der Waals surface area (Å²) in [5, 5.41) is 40.4. The zero-order chi connectivity index (χ0) is 23.0. The van der Waals surface area contributed by atoms with Crippen LogP contribution in [0.15, 0.2) is 53.8 Å². The molecule has 0 aliphatic carbocycles. The molecule has 0 unspecified atom stereocenters. The molecule has 0 bridgehead atoms. The fraction of sp³-hybridized carbons (Fsp3) is 0.375. The van der Waals surface area contributed by atoms with Crippen molar-refractivity contribution < 1.29 is 25.2 Å². The molecule has 2 aromatic rings. The van der Waals surface area contributed by atoms with Gasteiger partial charge < -0.3 is 25.2 Å². The second kappa shape index (κ2) is 12.2. The molecule has 2 aromatic carbocycles. The van der Waals surface area contributed by atoms with Crippen LogP contribution in [0, 0.1) is 5.92 Å². The first-order valence-electron chi connectivity index (χ1n) is 10.0. The van der Waals surface area contributed by atoms with Crippen LogP contribution in [0.5, 0.6) is 11.5 Å². The van der Waals surface area contributed by atoms with Crippen LogP contribution in [0.2, 0.25) is 10.0 Å². The summed E-state index contributed by atoms with van der Waals surface area (Å²) in [5.41, 5.74) is 5.02. The van der Waals surface area contributed by atoms with E-state index in [0.29, 0.717) is 17.2 Å². The molecular formula is C24H28Cl2O5. The van der Waals surface area contributed by atoms with Gasteiger partial charge in [0.05, 0.1) is 23.8 Å². The van der Waals surface area contributed by atoms with Gasteiger partial charge in [0.15, 0.2) is 0 Å². The van der Waals surface area contributed by atoms with E-state index in [4.69, 9.17) is 33.0 Å². The summed E-state index contributed by atoms with van der Waals surface area (Å²) in [7, 11) is 0. The molecule has 0 aliphatic heterocycles. The van der Waals surface area contributed by atoms with E-state index in [2.05, 4.69) is 5.73 Å². The maximum atomic E-state index is 10.6. The van der Waals surface area contributed by atoms with E-state index in [1.807, 2.05) is 13.8 Å². The van der Waals surface area contributed by atoms with Gasteiger partial charge in [-0.05, 0) is 47.4 Å². The Kier molecular flexibility index (Phi) is 9.92. The number of phenols is 1. The summed E-state index contributed by atoms with van der Waals surface area (Å²) in [6.45, 7) is 4.13. The molecule has 0 aliphatic rings. The second-order valence-corrected chi connectivity index (χ2v) is 8.31. The molecule has 168 valence electrons. The van der Waals surface area contributed by atoms with Crippen LogP contribution >= 0.6 is 23.2 Å². The predicted molar refractivity (Wildman–Crippen MR) is 123 cm³/mol. The van der Waals surface area contributed by atoms with Crippen LogP contribution in [0.3, 0.4) is 0 Å². The highest BCUT2D eigenvalue weighted by Gasteiger charge is 2.18. The lowest BCUT2D eigenvalue weighted by Gasteiger charge is -2.17. The molecule has 5 nitrogen and oxygen atoms in total. The summed E-state index contributed by atoms with van der Waals surface area (Å²) in [6, 6.07) is 9.94. The van der Waals surface area contributed by atoms with E-state index < -0.39 is 12.2 Å². The van der Waals surface area contributed by atoms with Gasteiger partial charge in [-0.3, -0.25) is 0 Å². The fourth-order valence-corrected chi connectivity index (χ4v) is 3.52. The van der Waals surface area contributed by atoms with E-state index in [9.17, 15) is 15.3 Å². The van der Waals surface area contributed by atoms with E-state index in [0.717, 1.165) is 11.1 Å².